The van der Waals surface area contributed by atoms with Gasteiger partial charge >= 0.3 is 0 Å². The number of halogens is 1. The van der Waals surface area contributed by atoms with Gasteiger partial charge < -0.3 is 0 Å². The quantitative estimate of drug-likeness (QED) is 0.462. The van der Waals surface area contributed by atoms with Crippen LogP contribution in [0.25, 0.3) is 0 Å². The summed E-state index contributed by atoms with van der Waals surface area (Å²) in [5, 5.41) is 4.26. The van der Waals surface area contributed by atoms with Crippen molar-refractivity contribution in [3.05, 3.63) is 11.9 Å². The Hall–Kier alpha value is 0.260. The fraction of sp³-hybridized carbons (Fsp3) is 0.692. The summed E-state index contributed by atoms with van der Waals surface area (Å²) in [4.78, 5) is 9.02. The predicted octanol–water partition coefficient (Wildman–Crippen LogP) is 4.34. The van der Waals surface area contributed by atoms with Gasteiger partial charge in [0.15, 0.2) is 0 Å². The van der Waals surface area contributed by atoms with Crippen molar-refractivity contribution in [2.45, 2.75) is 47.4 Å². The molecule has 1 aromatic rings. The summed E-state index contributed by atoms with van der Waals surface area (Å²) >= 11 is 7.36. The molecule has 0 saturated heterocycles. The maximum atomic E-state index is 4.52. The molecule has 18 heavy (non-hydrogen) atoms. The molecule has 1 aliphatic heterocycles. The fourth-order valence-electron chi connectivity index (χ4n) is 2.96. The number of nitrogens with zero attached hydrogens (tertiary/aromatic N) is 2. The fourth-order valence-corrected chi connectivity index (χ4v) is 5.94. The van der Waals surface area contributed by atoms with Gasteiger partial charge in [0.05, 0.1) is 0 Å². The zero-order chi connectivity index (χ0) is 12.5. The van der Waals surface area contributed by atoms with Crippen LogP contribution in [0.3, 0.4) is 0 Å². The molecule has 0 N–H and O–H groups in total. The van der Waals surface area contributed by atoms with Crippen LogP contribution in [0.5, 0.6) is 0 Å². The number of thioether (sulfide) groups is 2. The molecule has 2 aliphatic rings. The molecule has 0 spiro atoms. The zero-order valence-corrected chi connectivity index (χ0v) is 13.7. The number of alkyl halides is 1. The predicted molar refractivity (Wildman–Crippen MR) is 82.0 cm³/mol. The van der Waals surface area contributed by atoms with Crippen LogP contribution in [0, 0.1) is 5.92 Å². The monoisotopic (exact) mass is 344 g/mol. The highest BCUT2D eigenvalue weighted by molar-refractivity contribution is 9.09. The van der Waals surface area contributed by atoms with E-state index >= 15 is 0 Å². The molecule has 3 unspecified atom stereocenters. The first-order chi connectivity index (χ1) is 8.79. The summed E-state index contributed by atoms with van der Waals surface area (Å²) in [5.74, 6) is 2.67. The Kier molecular flexibility index (Phi) is 4.21. The van der Waals surface area contributed by atoms with E-state index in [1.54, 1.807) is 6.33 Å². The Morgan fingerprint density at radius 2 is 2.33 bits per heavy atom. The number of fused-ring (bicyclic) bond motifs is 3. The SMILES string of the molecule is CC1CCC2c3c(SCCBr)ncnc3SC2C1. The molecule has 0 aromatic carbocycles. The van der Waals surface area contributed by atoms with Crippen molar-refractivity contribution in [2.75, 3.05) is 11.1 Å². The van der Waals surface area contributed by atoms with Gasteiger partial charge in [-0.25, -0.2) is 9.97 Å². The number of hydrogen-bond acceptors (Lipinski definition) is 4. The van der Waals surface area contributed by atoms with Gasteiger partial charge in [-0.15, -0.1) is 23.5 Å². The molecule has 1 saturated carbocycles. The second-order valence-corrected chi connectivity index (χ2v) is 8.22. The van der Waals surface area contributed by atoms with Crippen LogP contribution in [0.1, 0.15) is 37.7 Å². The molecule has 1 aliphatic carbocycles. The van der Waals surface area contributed by atoms with Crippen molar-refractivity contribution in [1.82, 2.24) is 9.97 Å². The van der Waals surface area contributed by atoms with Gasteiger partial charge in [0.25, 0.3) is 0 Å². The van der Waals surface area contributed by atoms with Gasteiger partial charge in [-0.1, -0.05) is 29.3 Å². The van der Waals surface area contributed by atoms with E-state index in [4.69, 9.17) is 0 Å². The van der Waals surface area contributed by atoms with E-state index in [0.29, 0.717) is 5.92 Å². The highest BCUT2D eigenvalue weighted by Gasteiger charge is 2.39. The van der Waals surface area contributed by atoms with Crippen molar-refractivity contribution in [1.29, 1.82) is 0 Å². The van der Waals surface area contributed by atoms with E-state index in [1.807, 2.05) is 23.5 Å². The summed E-state index contributed by atoms with van der Waals surface area (Å²) in [7, 11) is 0. The first kappa shape index (κ1) is 13.3. The molecule has 5 heteroatoms. The molecule has 2 nitrogen and oxygen atoms in total. The van der Waals surface area contributed by atoms with Gasteiger partial charge in [-0.2, -0.15) is 0 Å². The molecule has 0 radical (unpaired) electrons. The van der Waals surface area contributed by atoms with Crippen LogP contribution in [0.2, 0.25) is 0 Å². The highest BCUT2D eigenvalue weighted by Crippen LogP contribution is 2.54. The minimum atomic E-state index is 0.709. The Bertz CT molecular complexity index is 441. The zero-order valence-electron chi connectivity index (χ0n) is 10.4. The lowest BCUT2D eigenvalue weighted by Gasteiger charge is -2.29. The molecule has 3 rings (SSSR count). The van der Waals surface area contributed by atoms with Crippen LogP contribution >= 0.6 is 39.5 Å². The largest absolute Gasteiger partial charge is 0.230 e. The van der Waals surface area contributed by atoms with E-state index in [2.05, 4.69) is 32.8 Å². The van der Waals surface area contributed by atoms with Gasteiger partial charge in [0.2, 0.25) is 0 Å². The molecular formula is C13H17BrN2S2. The summed E-state index contributed by atoms with van der Waals surface area (Å²) in [6.07, 6.45) is 5.76. The molecular weight excluding hydrogens is 328 g/mol. The van der Waals surface area contributed by atoms with Crippen LogP contribution in [-0.4, -0.2) is 26.3 Å². The van der Waals surface area contributed by atoms with E-state index in [9.17, 15) is 0 Å². The van der Waals surface area contributed by atoms with E-state index in [-0.39, 0.29) is 0 Å². The molecule has 2 heterocycles. The molecule has 0 amide bonds. The van der Waals surface area contributed by atoms with Crippen LogP contribution in [-0.2, 0) is 0 Å². The highest BCUT2D eigenvalue weighted by atomic mass is 79.9. The molecule has 0 bridgehead atoms. The second-order valence-electron chi connectivity index (χ2n) is 5.12. The lowest BCUT2D eigenvalue weighted by molar-refractivity contribution is 0.358. The van der Waals surface area contributed by atoms with Crippen LogP contribution in [0.4, 0.5) is 0 Å². The van der Waals surface area contributed by atoms with E-state index in [1.165, 1.54) is 34.9 Å². The van der Waals surface area contributed by atoms with Gasteiger partial charge in [-0.05, 0) is 18.8 Å². The van der Waals surface area contributed by atoms with Crippen LogP contribution < -0.4 is 0 Å². The topological polar surface area (TPSA) is 25.8 Å². The van der Waals surface area contributed by atoms with E-state index in [0.717, 1.165) is 22.3 Å². The average molecular weight is 345 g/mol. The maximum Gasteiger partial charge on any atom is 0.118 e. The maximum absolute atomic E-state index is 4.52. The third kappa shape index (κ3) is 2.46. The standard InChI is InChI=1S/C13H17BrN2S2/c1-8-2-3-9-10(6-8)18-13-11(9)12(15-7-16-13)17-5-4-14/h7-10H,2-6H2,1H3. The Morgan fingerprint density at radius 3 is 3.17 bits per heavy atom. The number of rotatable bonds is 3. The minimum Gasteiger partial charge on any atom is -0.230 e. The third-order valence-electron chi connectivity index (χ3n) is 3.81. The summed E-state index contributed by atoms with van der Waals surface area (Å²) in [6.45, 7) is 2.38. The molecule has 1 aromatic heterocycles. The Labute approximate surface area is 125 Å². The van der Waals surface area contributed by atoms with Crippen molar-refractivity contribution in [3.63, 3.8) is 0 Å². The van der Waals surface area contributed by atoms with Crippen molar-refractivity contribution in [2.24, 2.45) is 5.92 Å². The summed E-state index contributed by atoms with van der Waals surface area (Å²) in [6, 6.07) is 0. The number of aromatic nitrogens is 2. The lowest BCUT2D eigenvalue weighted by atomic mass is 9.80. The van der Waals surface area contributed by atoms with Crippen LogP contribution in [0.15, 0.2) is 16.4 Å². The lowest BCUT2D eigenvalue weighted by Crippen LogP contribution is -2.21. The van der Waals surface area contributed by atoms with Crippen molar-refractivity contribution >= 4 is 39.5 Å². The second kappa shape index (κ2) is 5.71. The molecule has 98 valence electrons. The smallest absolute Gasteiger partial charge is 0.118 e. The Morgan fingerprint density at radius 1 is 1.44 bits per heavy atom. The van der Waals surface area contributed by atoms with Gasteiger partial charge in [0.1, 0.15) is 16.4 Å². The number of hydrogen-bond donors (Lipinski definition) is 0. The van der Waals surface area contributed by atoms with Crippen molar-refractivity contribution < 1.29 is 0 Å². The molecule has 1 fully saturated rings. The first-order valence-electron chi connectivity index (χ1n) is 6.50. The third-order valence-corrected chi connectivity index (χ3v) is 7.12. The summed E-state index contributed by atoms with van der Waals surface area (Å²) in [5.41, 5.74) is 1.46. The summed E-state index contributed by atoms with van der Waals surface area (Å²) < 4.78 is 0. The normalized spacial score (nSPS) is 30.0. The molecule has 3 atom stereocenters. The minimum absolute atomic E-state index is 0.709. The van der Waals surface area contributed by atoms with Gasteiger partial charge in [0, 0.05) is 27.8 Å². The average Bonchev–Trinajstić information content (AvgIpc) is 2.73. The Balaban J connectivity index is 1.88. The van der Waals surface area contributed by atoms with Gasteiger partial charge in [-0.3, -0.25) is 0 Å². The first-order valence-corrected chi connectivity index (χ1v) is 9.48. The van der Waals surface area contributed by atoms with E-state index < -0.39 is 0 Å². The van der Waals surface area contributed by atoms with Crippen molar-refractivity contribution in [3.8, 4) is 0 Å².